The molecule has 2 atom stereocenters. The minimum atomic E-state index is -0.0369. The van der Waals surface area contributed by atoms with E-state index in [0.717, 1.165) is 50.4 Å². The van der Waals surface area contributed by atoms with Crippen molar-refractivity contribution in [1.82, 2.24) is 20.0 Å². The zero-order valence-corrected chi connectivity index (χ0v) is 14.5. The van der Waals surface area contributed by atoms with Crippen LogP contribution in [0.3, 0.4) is 0 Å². The van der Waals surface area contributed by atoms with Crippen molar-refractivity contribution in [1.29, 1.82) is 0 Å². The fourth-order valence-electron chi connectivity index (χ4n) is 3.71. The first kappa shape index (κ1) is 15.6. The van der Waals surface area contributed by atoms with Crippen LogP contribution in [0.1, 0.15) is 43.4 Å². The molecule has 4 rings (SSSR count). The lowest BCUT2D eigenvalue weighted by molar-refractivity contribution is -0.137. The molecule has 128 valence electrons. The van der Waals surface area contributed by atoms with Crippen LogP contribution < -0.4 is 4.90 Å². The van der Waals surface area contributed by atoms with Crippen LogP contribution in [0.15, 0.2) is 16.1 Å². The number of nitrogens with zero attached hydrogens (tertiary/aromatic N) is 5. The van der Waals surface area contributed by atoms with E-state index in [2.05, 4.69) is 20.0 Å². The maximum Gasteiger partial charge on any atom is 0.228 e. The van der Waals surface area contributed by atoms with Crippen molar-refractivity contribution in [3.05, 3.63) is 23.3 Å². The lowest BCUT2D eigenvalue weighted by atomic mass is 9.96. The SMILES string of the molecule is Cc1nc([C@@H]2CCCN2C(=O)[C@@H]2CCCN(c3nccs3)C2)no1. The average Bonchev–Trinajstić information content (AvgIpc) is 3.35. The monoisotopic (exact) mass is 347 g/mol. The molecule has 2 aromatic heterocycles. The zero-order chi connectivity index (χ0) is 16.5. The number of aromatic nitrogens is 3. The van der Waals surface area contributed by atoms with Gasteiger partial charge < -0.3 is 14.3 Å². The van der Waals surface area contributed by atoms with E-state index in [1.807, 2.05) is 16.5 Å². The van der Waals surface area contributed by atoms with Crippen molar-refractivity contribution in [2.24, 2.45) is 5.92 Å². The maximum atomic E-state index is 13.1. The number of carbonyl (C=O) groups excluding carboxylic acids is 1. The van der Waals surface area contributed by atoms with Gasteiger partial charge in [-0.05, 0) is 25.7 Å². The lowest BCUT2D eigenvalue weighted by Gasteiger charge is -2.35. The second kappa shape index (κ2) is 6.51. The maximum absolute atomic E-state index is 13.1. The van der Waals surface area contributed by atoms with Gasteiger partial charge in [-0.25, -0.2) is 4.98 Å². The molecule has 0 spiro atoms. The summed E-state index contributed by atoms with van der Waals surface area (Å²) in [7, 11) is 0. The van der Waals surface area contributed by atoms with Gasteiger partial charge in [-0.2, -0.15) is 4.98 Å². The van der Waals surface area contributed by atoms with Gasteiger partial charge in [0, 0.05) is 38.1 Å². The summed E-state index contributed by atoms with van der Waals surface area (Å²) in [6.45, 7) is 4.29. The molecule has 0 N–H and O–H groups in total. The molecule has 2 aromatic rings. The summed E-state index contributed by atoms with van der Waals surface area (Å²) >= 11 is 1.63. The fraction of sp³-hybridized carbons (Fsp3) is 0.625. The largest absolute Gasteiger partial charge is 0.347 e. The molecule has 8 heteroatoms. The Morgan fingerprint density at radius 2 is 2.21 bits per heavy atom. The van der Waals surface area contributed by atoms with Crippen LogP contribution in [0.25, 0.3) is 0 Å². The van der Waals surface area contributed by atoms with Crippen molar-refractivity contribution in [3.8, 4) is 0 Å². The van der Waals surface area contributed by atoms with E-state index in [9.17, 15) is 4.79 Å². The number of likely N-dealkylation sites (tertiary alicyclic amines) is 1. The normalized spacial score (nSPS) is 24.5. The summed E-state index contributed by atoms with van der Waals surface area (Å²) in [5.41, 5.74) is 0. The van der Waals surface area contributed by atoms with Crippen LogP contribution in [-0.4, -0.2) is 45.6 Å². The van der Waals surface area contributed by atoms with Gasteiger partial charge in [0.1, 0.15) is 0 Å². The van der Waals surface area contributed by atoms with Gasteiger partial charge in [0.2, 0.25) is 11.8 Å². The second-order valence-electron chi connectivity index (χ2n) is 6.46. The molecule has 0 unspecified atom stereocenters. The molecular weight excluding hydrogens is 326 g/mol. The van der Waals surface area contributed by atoms with Gasteiger partial charge >= 0.3 is 0 Å². The number of thiazole rings is 1. The van der Waals surface area contributed by atoms with E-state index in [0.29, 0.717) is 11.7 Å². The minimum absolute atomic E-state index is 0.0243. The van der Waals surface area contributed by atoms with E-state index < -0.39 is 0 Å². The minimum Gasteiger partial charge on any atom is -0.347 e. The lowest BCUT2D eigenvalue weighted by Crippen LogP contribution is -2.44. The molecule has 7 nitrogen and oxygen atoms in total. The summed E-state index contributed by atoms with van der Waals surface area (Å²) < 4.78 is 5.10. The Kier molecular flexibility index (Phi) is 4.22. The highest BCUT2D eigenvalue weighted by atomic mass is 32.1. The summed E-state index contributed by atoms with van der Waals surface area (Å²) in [6, 6.07) is -0.0369. The molecule has 2 saturated heterocycles. The molecule has 2 aliphatic heterocycles. The molecule has 2 aliphatic rings. The molecule has 0 saturated carbocycles. The summed E-state index contributed by atoms with van der Waals surface area (Å²) in [5, 5.41) is 7.03. The number of anilines is 1. The first-order valence-electron chi connectivity index (χ1n) is 8.47. The van der Waals surface area contributed by atoms with Crippen molar-refractivity contribution < 1.29 is 9.32 Å². The Morgan fingerprint density at radius 3 is 2.96 bits per heavy atom. The number of hydrogen-bond donors (Lipinski definition) is 0. The Labute approximate surface area is 144 Å². The number of piperidine rings is 1. The quantitative estimate of drug-likeness (QED) is 0.849. The van der Waals surface area contributed by atoms with Gasteiger partial charge in [0.25, 0.3) is 0 Å². The molecule has 0 aliphatic carbocycles. The highest BCUT2D eigenvalue weighted by Gasteiger charge is 2.38. The number of aryl methyl sites for hydroxylation is 1. The van der Waals surface area contributed by atoms with Crippen molar-refractivity contribution in [2.75, 3.05) is 24.5 Å². The topological polar surface area (TPSA) is 75.4 Å². The predicted octanol–water partition coefficient (Wildman–Crippen LogP) is 2.41. The van der Waals surface area contributed by atoms with Crippen LogP contribution >= 0.6 is 11.3 Å². The molecule has 0 aromatic carbocycles. The van der Waals surface area contributed by atoms with Gasteiger partial charge in [-0.1, -0.05) is 5.16 Å². The van der Waals surface area contributed by atoms with Crippen LogP contribution in [0.5, 0.6) is 0 Å². The van der Waals surface area contributed by atoms with E-state index >= 15 is 0 Å². The number of carbonyl (C=O) groups is 1. The van der Waals surface area contributed by atoms with Gasteiger partial charge in [-0.3, -0.25) is 4.79 Å². The Morgan fingerprint density at radius 1 is 1.33 bits per heavy atom. The van der Waals surface area contributed by atoms with Gasteiger partial charge in [-0.15, -0.1) is 11.3 Å². The molecule has 1 amide bonds. The molecule has 24 heavy (non-hydrogen) atoms. The molecule has 4 heterocycles. The molecule has 2 fully saturated rings. The van der Waals surface area contributed by atoms with Gasteiger partial charge in [0.15, 0.2) is 11.0 Å². The van der Waals surface area contributed by atoms with Gasteiger partial charge in [0.05, 0.1) is 12.0 Å². The summed E-state index contributed by atoms with van der Waals surface area (Å²) in [5.74, 6) is 1.44. The number of amides is 1. The Bertz CT molecular complexity index is 701. The standard InChI is InChI=1S/C16H21N5O2S/c1-11-18-14(19-23-11)13-5-3-8-21(13)15(22)12-4-2-7-20(10-12)16-17-6-9-24-16/h6,9,12-13H,2-5,7-8,10H2,1H3/t12-,13+/m1/s1. The van der Waals surface area contributed by atoms with Crippen LogP contribution in [0, 0.1) is 12.8 Å². The van der Waals surface area contributed by atoms with E-state index in [-0.39, 0.29) is 17.9 Å². The molecule has 0 radical (unpaired) electrons. The van der Waals surface area contributed by atoms with Crippen molar-refractivity contribution in [2.45, 2.75) is 38.6 Å². The third-order valence-electron chi connectivity index (χ3n) is 4.84. The van der Waals surface area contributed by atoms with E-state index in [1.54, 1.807) is 18.3 Å². The Hall–Kier alpha value is -1.96. The number of rotatable bonds is 3. The van der Waals surface area contributed by atoms with E-state index in [4.69, 9.17) is 4.52 Å². The highest BCUT2D eigenvalue weighted by molar-refractivity contribution is 7.13. The van der Waals surface area contributed by atoms with E-state index in [1.165, 1.54) is 0 Å². The smallest absolute Gasteiger partial charge is 0.228 e. The predicted molar refractivity (Wildman–Crippen MR) is 89.8 cm³/mol. The van der Waals surface area contributed by atoms with Crippen molar-refractivity contribution >= 4 is 22.4 Å². The third-order valence-corrected chi connectivity index (χ3v) is 5.67. The first-order valence-corrected chi connectivity index (χ1v) is 9.35. The van der Waals surface area contributed by atoms with Crippen LogP contribution in [0.2, 0.25) is 0 Å². The highest BCUT2D eigenvalue weighted by Crippen LogP contribution is 2.33. The second-order valence-corrected chi connectivity index (χ2v) is 7.33. The Balaban J connectivity index is 1.48. The zero-order valence-electron chi connectivity index (χ0n) is 13.7. The number of hydrogen-bond acceptors (Lipinski definition) is 7. The molecular formula is C16H21N5O2S. The summed E-state index contributed by atoms with van der Waals surface area (Å²) in [6.07, 6.45) is 5.69. The summed E-state index contributed by atoms with van der Waals surface area (Å²) in [4.78, 5) is 26.0. The average molecular weight is 347 g/mol. The molecule has 0 bridgehead atoms. The fourth-order valence-corrected chi connectivity index (χ4v) is 4.39. The van der Waals surface area contributed by atoms with Crippen molar-refractivity contribution in [3.63, 3.8) is 0 Å². The first-order chi connectivity index (χ1) is 11.7. The van der Waals surface area contributed by atoms with Crippen LogP contribution in [0.4, 0.5) is 5.13 Å². The third kappa shape index (κ3) is 2.90. The van der Waals surface area contributed by atoms with Crippen LogP contribution in [-0.2, 0) is 4.79 Å².